The average Bonchev–Trinajstić information content (AvgIpc) is 2.45. The summed E-state index contributed by atoms with van der Waals surface area (Å²) in [5.74, 6) is 1.82. The smallest absolute Gasteiger partial charge is 0.339 e. The second-order valence-electron chi connectivity index (χ2n) is 4.78. The Hall–Kier alpha value is -1.48. The lowest BCUT2D eigenvalue weighted by atomic mass is 10.1. The Balaban J connectivity index is 2.26. The predicted octanol–water partition coefficient (Wildman–Crippen LogP) is 5.02. The van der Waals surface area contributed by atoms with Crippen molar-refractivity contribution in [3.05, 3.63) is 36.4 Å². The third-order valence-corrected chi connectivity index (χ3v) is 4.27. The Labute approximate surface area is 124 Å². The van der Waals surface area contributed by atoms with Crippen LogP contribution in [0.2, 0.25) is 0 Å². The summed E-state index contributed by atoms with van der Waals surface area (Å²) in [6.45, 7) is 3.77. The van der Waals surface area contributed by atoms with Crippen LogP contribution in [0.5, 0.6) is 5.75 Å². The lowest BCUT2D eigenvalue weighted by Crippen LogP contribution is -2.02. The second kappa shape index (κ2) is 7.34. The van der Waals surface area contributed by atoms with E-state index in [-0.39, 0.29) is 5.97 Å². The van der Waals surface area contributed by atoms with E-state index in [2.05, 4.69) is 19.1 Å². The van der Waals surface area contributed by atoms with Gasteiger partial charge < -0.3 is 4.79 Å². The molecule has 2 nitrogen and oxygen atoms in total. The van der Waals surface area contributed by atoms with Crippen molar-refractivity contribution in [2.24, 2.45) is 0 Å². The van der Waals surface area contributed by atoms with Crippen molar-refractivity contribution >= 4 is 28.5 Å². The molecule has 0 saturated heterocycles. The minimum atomic E-state index is -0.0292. The fourth-order valence-corrected chi connectivity index (χ4v) is 3.22. The molecule has 0 saturated carbocycles. The van der Waals surface area contributed by atoms with E-state index in [9.17, 15) is 4.79 Å². The van der Waals surface area contributed by atoms with Crippen LogP contribution in [0.3, 0.4) is 0 Å². The number of hydrogen-bond donors (Lipinski definition) is 0. The summed E-state index contributed by atoms with van der Waals surface area (Å²) in [5.41, 5.74) is 0. The SMILES string of the molecule is CCCCCSc1ccc(OC(C)=[OH+])c2ccccc12. The predicted molar refractivity (Wildman–Crippen MR) is 87.4 cm³/mol. The fourth-order valence-electron chi connectivity index (χ4n) is 2.15. The summed E-state index contributed by atoms with van der Waals surface area (Å²) in [7, 11) is 0. The summed E-state index contributed by atoms with van der Waals surface area (Å²) < 4.78 is 5.39. The molecule has 0 radical (unpaired) electrons. The molecule has 0 spiro atoms. The van der Waals surface area contributed by atoms with Crippen molar-refractivity contribution in [2.75, 3.05) is 5.75 Å². The molecule has 106 valence electrons. The molecule has 0 aliphatic heterocycles. The summed E-state index contributed by atoms with van der Waals surface area (Å²) in [5, 5.41) is 2.23. The maximum atomic E-state index is 9.32. The van der Waals surface area contributed by atoms with Crippen LogP contribution in [0.25, 0.3) is 10.8 Å². The Morgan fingerprint density at radius 1 is 1.10 bits per heavy atom. The highest BCUT2D eigenvalue weighted by molar-refractivity contribution is 7.99. The molecule has 0 unspecified atom stereocenters. The number of hydrogen-bond acceptors (Lipinski definition) is 2. The van der Waals surface area contributed by atoms with Gasteiger partial charge in [0.05, 0.1) is 12.3 Å². The quantitative estimate of drug-likeness (QED) is 0.246. The van der Waals surface area contributed by atoms with Crippen LogP contribution >= 0.6 is 11.8 Å². The molecule has 2 aromatic carbocycles. The number of rotatable bonds is 6. The molecule has 3 heteroatoms. The van der Waals surface area contributed by atoms with E-state index in [0.717, 1.165) is 11.1 Å². The van der Waals surface area contributed by atoms with Gasteiger partial charge in [-0.15, -0.1) is 11.8 Å². The normalized spacial score (nSPS) is 10.7. The Morgan fingerprint density at radius 3 is 2.55 bits per heavy atom. The molecule has 0 aliphatic carbocycles. The van der Waals surface area contributed by atoms with Gasteiger partial charge in [0.25, 0.3) is 5.75 Å². The fraction of sp³-hybridized carbons (Fsp3) is 0.353. The van der Waals surface area contributed by atoms with Crippen LogP contribution in [0.15, 0.2) is 41.3 Å². The molecule has 0 amide bonds. The molecule has 20 heavy (non-hydrogen) atoms. The monoisotopic (exact) mass is 289 g/mol. The zero-order valence-corrected chi connectivity index (χ0v) is 12.9. The van der Waals surface area contributed by atoms with E-state index in [1.807, 2.05) is 36.0 Å². The minimum Gasteiger partial charge on any atom is -0.339 e. The van der Waals surface area contributed by atoms with Gasteiger partial charge in [-0.05, 0) is 24.3 Å². The van der Waals surface area contributed by atoms with E-state index in [4.69, 9.17) is 4.74 Å². The zero-order chi connectivity index (χ0) is 14.4. The van der Waals surface area contributed by atoms with Gasteiger partial charge in [0.1, 0.15) is 0 Å². The molecule has 0 aromatic heterocycles. The van der Waals surface area contributed by atoms with Crippen LogP contribution in [0.1, 0.15) is 33.1 Å². The molecular formula is C17H21O2S+. The lowest BCUT2D eigenvalue weighted by Gasteiger charge is -2.07. The second-order valence-corrected chi connectivity index (χ2v) is 5.92. The highest BCUT2D eigenvalue weighted by Gasteiger charge is 2.14. The van der Waals surface area contributed by atoms with Gasteiger partial charge in [0.15, 0.2) is 0 Å². The molecule has 0 heterocycles. The van der Waals surface area contributed by atoms with Crippen molar-refractivity contribution in [3.8, 4) is 5.75 Å². The van der Waals surface area contributed by atoms with Crippen LogP contribution in [0.4, 0.5) is 0 Å². The molecule has 1 N–H and O–H groups in total. The topological polar surface area (TPSA) is 30.6 Å². The van der Waals surface area contributed by atoms with Gasteiger partial charge in [-0.3, -0.25) is 4.74 Å². The number of ether oxygens (including phenoxy) is 1. The number of esters is 1. The van der Waals surface area contributed by atoms with Crippen LogP contribution < -0.4 is 4.74 Å². The van der Waals surface area contributed by atoms with Crippen molar-refractivity contribution in [1.82, 2.24) is 0 Å². The maximum Gasteiger partial charge on any atom is 0.485 e. The van der Waals surface area contributed by atoms with Gasteiger partial charge in [0, 0.05) is 16.3 Å². The maximum absolute atomic E-state index is 9.32. The zero-order valence-electron chi connectivity index (χ0n) is 12.1. The third kappa shape index (κ3) is 3.76. The minimum absolute atomic E-state index is 0.0292. The molecule has 0 atom stereocenters. The third-order valence-electron chi connectivity index (χ3n) is 3.11. The number of fused-ring (bicyclic) bond motifs is 1. The number of benzene rings is 2. The van der Waals surface area contributed by atoms with E-state index in [0.29, 0.717) is 5.75 Å². The van der Waals surface area contributed by atoms with E-state index in [1.54, 1.807) is 6.92 Å². The van der Waals surface area contributed by atoms with Crippen LogP contribution in [0, 0.1) is 0 Å². The number of unbranched alkanes of at least 4 members (excludes halogenated alkanes) is 2. The van der Waals surface area contributed by atoms with Crippen molar-refractivity contribution in [1.29, 1.82) is 0 Å². The van der Waals surface area contributed by atoms with Gasteiger partial charge in [-0.25, -0.2) is 0 Å². The average molecular weight is 289 g/mol. The van der Waals surface area contributed by atoms with E-state index < -0.39 is 0 Å². The molecule has 0 bridgehead atoms. The first-order chi connectivity index (χ1) is 9.72. The van der Waals surface area contributed by atoms with Gasteiger partial charge in [-0.1, -0.05) is 38.0 Å². The lowest BCUT2D eigenvalue weighted by molar-refractivity contribution is 0.466. The summed E-state index contributed by atoms with van der Waals surface area (Å²) in [6, 6.07) is 12.2. The van der Waals surface area contributed by atoms with Crippen molar-refractivity contribution in [2.45, 2.75) is 38.0 Å². The Kier molecular flexibility index (Phi) is 5.48. The van der Waals surface area contributed by atoms with Crippen LogP contribution in [-0.4, -0.2) is 16.5 Å². The standard InChI is InChI=1S/C17H20O2S/c1-3-4-7-12-20-17-11-10-16(19-13(2)18)14-8-5-6-9-15(14)17/h5-6,8-11H,3-4,7,12H2,1-2H3/p+1. The molecule has 0 fully saturated rings. The van der Waals surface area contributed by atoms with Gasteiger partial charge in [0.2, 0.25) is 0 Å². The van der Waals surface area contributed by atoms with Gasteiger partial charge >= 0.3 is 5.97 Å². The summed E-state index contributed by atoms with van der Waals surface area (Å²) in [4.78, 5) is 10.6. The molecular weight excluding hydrogens is 268 g/mol. The largest absolute Gasteiger partial charge is 0.485 e. The summed E-state index contributed by atoms with van der Waals surface area (Å²) >= 11 is 1.89. The highest BCUT2D eigenvalue weighted by atomic mass is 32.2. The first kappa shape index (κ1) is 14.9. The molecule has 2 aromatic rings. The first-order valence-electron chi connectivity index (χ1n) is 7.07. The number of carbonyl (C=O) groups excluding carboxylic acids is 1. The molecule has 0 aliphatic rings. The van der Waals surface area contributed by atoms with Gasteiger partial charge in [-0.2, -0.15) is 0 Å². The Morgan fingerprint density at radius 2 is 1.85 bits per heavy atom. The summed E-state index contributed by atoms with van der Waals surface area (Å²) in [6.07, 6.45) is 3.78. The van der Waals surface area contributed by atoms with Crippen molar-refractivity contribution < 1.29 is 9.53 Å². The number of thioether (sulfide) groups is 1. The Bertz CT molecular complexity index is 593. The van der Waals surface area contributed by atoms with E-state index >= 15 is 0 Å². The highest BCUT2D eigenvalue weighted by Crippen LogP contribution is 2.34. The first-order valence-corrected chi connectivity index (χ1v) is 8.06. The van der Waals surface area contributed by atoms with E-state index in [1.165, 1.54) is 29.5 Å². The van der Waals surface area contributed by atoms with Crippen molar-refractivity contribution in [3.63, 3.8) is 0 Å². The van der Waals surface area contributed by atoms with Crippen LogP contribution in [-0.2, 0) is 0 Å². The molecule has 2 rings (SSSR count).